The lowest BCUT2D eigenvalue weighted by Crippen LogP contribution is -2.15. The molecule has 0 saturated carbocycles. The Labute approximate surface area is 104 Å². The second-order valence-electron chi connectivity index (χ2n) is 3.52. The van der Waals surface area contributed by atoms with E-state index < -0.39 is 0 Å². The number of benzene rings is 1. The average molecular weight is 247 g/mol. The van der Waals surface area contributed by atoms with Crippen molar-refractivity contribution >= 4 is 22.9 Å². The third-order valence-corrected chi connectivity index (χ3v) is 2.88. The summed E-state index contributed by atoms with van der Waals surface area (Å²) in [7, 11) is 1.87. The third kappa shape index (κ3) is 2.89. The molecule has 0 aliphatic heterocycles. The lowest BCUT2D eigenvalue weighted by molar-refractivity contribution is 0.102. The van der Waals surface area contributed by atoms with Gasteiger partial charge in [-0.1, -0.05) is 18.2 Å². The number of para-hydroxylation sites is 1. The van der Waals surface area contributed by atoms with Crippen LogP contribution in [0, 0.1) is 0 Å². The van der Waals surface area contributed by atoms with E-state index >= 15 is 0 Å². The van der Waals surface area contributed by atoms with Crippen LogP contribution in [-0.4, -0.2) is 17.9 Å². The molecule has 0 fully saturated rings. The molecule has 17 heavy (non-hydrogen) atoms. The van der Waals surface area contributed by atoms with Crippen LogP contribution in [0.4, 0.5) is 5.69 Å². The zero-order valence-corrected chi connectivity index (χ0v) is 10.3. The minimum Gasteiger partial charge on any atom is -0.320 e. The number of rotatable bonds is 4. The van der Waals surface area contributed by atoms with Gasteiger partial charge < -0.3 is 10.6 Å². The zero-order chi connectivity index (χ0) is 12.1. The maximum absolute atomic E-state index is 11.8. The first-order chi connectivity index (χ1) is 8.31. The average Bonchev–Trinajstić information content (AvgIpc) is 2.85. The summed E-state index contributed by atoms with van der Waals surface area (Å²) in [5.74, 6) is -0.171. The minimum absolute atomic E-state index is 0.171. The van der Waals surface area contributed by atoms with Gasteiger partial charge in [-0.05, 0) is 18.7 Å². The molecule has 0 aliphatic carbocycles. The normalized spacial score (nSPS) is 10.2. The Morgan fingerprint density at radius 1 is 1.41 bits per heavy atom. The van der Waals surface area contributed by atoms with Crippen molar-refractivity contribution < 1.29 is 4.79 Å². The van der Waals surface area contributed by atoms with Crippen LogP contribution in [0.1, 0.15) is 16.1 Å². The summed E-state index contributed by atoms with van der Waals surface area (Å²) in [6, 6.07) is 7.71. The van der Waals surface area contributed by atoms with E-state index in [2.05, 4.69) is 15.6 Å². The van der Waals surface area contributed by atoms with Crippen molar-refractivity contribution in [2.24, 2.45) is 0 Å². The SMILES string of the molecule is CNCc1ccccc1NC(=O)c1cscn1. The number of nitrogens with one attached hydrogen (secondary N) is 2. The van der Waals surface area contributed by atoms with E-state index in [0.717, 1.165) is 11.3 Å². The summed E-state index contributed by atoms with van der Waals surface area (Å²) in [5, 5.41) is 7.66. The topological polar surface area (TPSA) is 54.0 Å². The lowest BCUT2D eigenvalue weighted by Gasteiger charge is -2.09. The van der Waals surface area contributed by atoms with Gasteiger partial charge in [-0.3, -0.25) is 4.79 Å². The van der Waals surface area contributed by atoms with Gasteiger partial charge in [0, 0.05) is 17.6 Å². The number of anilines is 1. The van der Waals surface area contributed by atoms with E-state index in [4.69, 9.17) is 0 Å². The van der Waals surface area contributed by atoms with Crippen molar-refractivity contribution in [1.29, 1.82) is 0 Å². The standard InChI is InChI=1S/C12H13N3OS/c1-13-6-9-4-2-3-5-10(9)15-12(16)11-7-17-8-14-11/h2-5,7-8,13H,6H2,1H3,(H,15,16). The van der Waals surface area contributed by atoms with Crippen LogP contribution in [0.25, 0.3) is 0 Å². The summed E-state index contributed by atoms with van der Waals surface area (Å²) in [4.78, 5) is 15.8. The van der Waals surface area contributed by atoms with Crippen LogP contribution in [0.2, 0.25) is 0 Å². The van der Waals surface area contributed by atoms with Crippen LogP contribution in [0.5, 0.6) is 0 Å². The smallest absolute Gasteiger partial charge is 0.275 e. The van der Waals surface area contributed by atoms with Crippen molar-refractivity contribution in [2.75, 3.05) is 12.4 Å². The van der Waals surface area contributed by atoms with E-state index in [9.17, 15) is 4.79 Å². The van der Waals surface area contributed by atoms with Crippen molar-refractivity contribution in [3.8, 4) is 0 Å². The molecule has 1 heterocycles. The monoisotopic (exact) mass is 247 g/mol. The lowest BCUT2D eigenvalue weighted by atomic mass is 10.1. The van der Waals surface area contributed by atoms with Gasteiger partial charge in [0.25, 0.3) is 5.91 Å². The first-order valence-electron chi connectivity index (χ1n) is 5.23. The summed E-state index contributed by atoms with van der Waals surface area (Å²) < 4.78 is 0. The van der Waals surface area contributed by atoms with Gasteiger partial charge >= 0.3 is 0 Å². The zero-order valence-electron chi connectivity index (χ0n) is 9.43. The van der Waals surface area contributed by atoms with Crippen molar-refractivity contribution in [2.45, 2.75) is 6.54 Å². The van der Waals surface area contributed by atoms with Crippen LogP contribution in [0.15, 0.2) is 35.2 Å². The second-order valence-corrected chi connectivity index (χ2v) is 4.23. The summed E-state index contributed by atoms with van der Waals surface area (Å²) >= 11 is 1.41. The summed E-state index contributed by atoms with van der Waals surface area (Å²) in [6.07, 6.45) is 0. The molecular formula is C12H13N3OS. The van der Waals surface area contributed by atoms with Crippen LogP contribution < -0.4 is 10.6 Å². The first-order valence-corrected chi connectivity index (χ1v) is 6.17. The molecule has 0 atom stereocenters. The molecule has 0 spiro atoms. The number of hydrogen-bond acceptors (Lipinski definition) is 4. The van der Waals surface area contributed by atoms with Gasteiger partial charge in [-0.15, -0.1) is 11.3 Å². The quantitative estimate of drug-likeness (QED) is 0.870. The number of carbonyl (C=O) groups excluding carboxylic acids is 1. The largest absolute Gasteiger partial charge is 0.320 e. The Balaban J connectivity index is 2.15. The molecule has 0 aliphatic rings. The van der Waals surface area contributed by atoms with E-state index in [0.29, 0.717) is 12.2 Å². The summed E-state index contributed by atoms with van der Waals surface area (Å²) in [5.41, 5.74) is 3.97. The molecule has 0 radical (unpaired) electrons. The highest BCUT2D eigenvalue weighted by Crippen LogP contribution is 2.15. The fourth-order valence-corrected chi connectivity index (χ4v) is 2.03. The van der Waals surface area contributed by atoms with Gasteiger partial charge in [-0.25, -0.2) is 4.98 Å². The number of carbonyl (C=O) groups is 1. The van der Waals surface area contributed by atoms with Crippen LogP contribution in [0.3, 0.4) is 0 Å². The van der Waals surface area contributed by atoms with Gasteiger partial charge in [0.15, 0.2) is 0 Å². The fourth-order valence-electron chi connectivity index (χ4n) is 1.50. The molecular weight excluding hydrogens is 234 g/mol. The highest BCUT2D eigenvalue weighted by atomic mass is 32.1. The number of nitrogens with zero attached hydrogens (tertiary/aromatic N) is 1. The Morgan fingerprint density at radius 2 is 2.24 bits per heavy atom. The molecule has 1 aromatic carbocycles. The van der Waals surface area contributed by atoms with Crippen molar-refractivity contribution in [1.82, 2.24) is 10.3 Å². The minimum atomic E-state index is -0.171. The second kappa shape index (κ2) is 5.56. The fraction of sp³-hybridized carbons (Fsp3) is 0.167. The van der Waals surface area contributed by atoms with Crippen molar-refractivity contribution in [3.05, 3.63) is 46.4 Å². The van der Waals surface area contributed by atoms with E-state index in [1.807, 2.05) is 31.3 Å². The Kier molecular flexibility index (Phi) is 3.85. The van der Waals surface area contributed by atoms with Crippen LogP contribution >= 0.6 is 11.3 Å². The highest BCUT2D eigenvalue weighted by Gasteiger charge is 2.09. The molecule has 4 nitrogen and oxygen atoms in total. The van der Waals surface area contributed by atoms with E-state index in [-0.39, 0.29) is 5.91 Å². The molecule has 2 N–H and O–H groups in total. The molecule has 5 heteroatoms. The predicted octanol–water partition coefficient (Wildman–Crippen LogP) is 2.11. The maximum atomic E-state index is 11.8. The molecule has 0 saturated heterocycles. The molecule has 2 aromatic rings. The number of hydrogen-bond donors (Lipinski definition) is 2. The summed E-state index contributed by atoms with van der Waals surface area (Å²) in [6.45, 7) is 0.716. The number of amides is 1. The van der Waals surface area contributed by atoms with Gasteiger partial charge in [0.2, 0.25) is 0 Å². The highest BCUT2D eigenvalue weighted by molar-refractivity contribution is 7.07. The van der Waals surface area contributed by atoms with Gasteiger partial charge in [0.05, 0.1) is 5.51 Å². The molecule has 1 amide bonds. The Bertz CT molecular complexity index is 496. The predicted molar refractivity (Wildman–Crippen MR) is 69.3 cm³/mol. The molecule has 0 bridgehead atoms. The number of thiazole rings is 1. The van der Waals surface area contributed by atoms with Gasteiger partial charge in [0.1, 0.15) is 5.69 Å². The first kappa shape index (κ1) is 11.8. The Hall–Kier alpha value is -1.72. The maximum Gasteiger partial charge on any atom is 0.275 e. The number of aromatic nitrogens is 1. The van der Waals surface area contributed by atoms with Crippen molar-refractivity contribution in [3.63, 3.8) is 0 Å². The van der Waals surface area contributed by atoms with Gasteiger partial charge in [-0.2, -0.15) is 0 Å². The van der Waals surface area contributed by atoms with E-state index in [1.165, 1.54) is 11.3 Å². The molecule has 0 unspecified atom stereocenters. The van der Waals surface area contributed by atoms with Crippen LogP contribution in [-0.2, 0) is 6.54 Å². The third-order valence-electron chi connectivity index (χ3n) is 2.30. The Morgan fingerprint density at radius 3 is 2.94 bits per heavy atom. The molecule has 88 valence electrons. The van der Waals surface area contributed by atoms with E-state index in [1.54, 1.807) is 10.9 Å². The molecule has 1 aromatic heterocycles. The molecule has 2 rings (SSSR count).